The molecule has 0 bridgehead atoms. The van der Waals surface area contributed by atoms with Crippen molar-refractivity contribution < 1.29 is 14.5 Å². The molecular formula is C27H23BrN4O4. The molecule has 0 atom stereocenters. The number of para-hydroxylation sites is 1. The Morgan fingerprint density at radius 2 is 1.75 bits per heavy atom. The van der Waals surface area contributed by atoms with Gasteiger partial charge in [0.15, 0.2) is 0 Å². The zero-order valence-corrected chi connectivity index (χ0v) is 20.9. The van der Waals surface area contributed by atoms with Crippen LogP contribution in [0.15, 0.2) is 82.8 Å². The van der Waals surface area contributed by atoms with Gasteiger partial charge in [-0.1, -0.05) is 34.1 Å². The Hall–Kier alpha value is -4.16. The highest BCUT2D eigenvalue weighted by atomic mass is 79.9. The number of non-ortho nitro benzene ring substituents is 1. The third kappa shape index (κ3) is 6.09. The lowest BCUT2D eigenvalue weighted by Gasteiger charge is -2.36. The molecule has 1 amide bonds. The molecule has 0 N–H and O–H groups in total. The van der Waals surface area contributed by atoms with Crippen LogP contribution >= 0.6 is 15.9 Å². The van der Waals surface area contributed by atoms with Gasteiger partial charge in [-0.25, -0.2) is 0 Å². The number of ether oxygens (including phenoxy) is 1. The van der Waals surface area contributed by atoms with Crippen molar-refractivity contribution in [3.63, 3.8) is 0 Å². The number of benzene rings is 3. The molecular weight excluding hydrogens is 524 g/mol. The van der Waals surface area contributed by atoms with Gasteiger partial charge >= 0.3 is 0 Å². The molecule has 36 heavy (non-hydrogen) atoms. The largest absolute Gasteiger partial charge is 0.488 e. The first kappa shape index (κ1) is 24.9. The molecule has 3 aromatic carbocycles. The molecule has 1 aliphatic rings. The first-order valence-corrected chi connectivity index (χ1v) is 12.1. The van der Waals surface area contributed by atoms with Crippen LogP contribution in [0.4, 0.5) is 11.4 Å². The summed E-state index contributed by atoms with van der Waals surface area (Å²) in [4.78, 5) is 27.5. The first-order valence-electron chi connectivity index (χ1n) is 11.3. The molecule has 182 valence electrons. The number of nitrogens with zero attached hydrogens (tertiary/aromatic N) is 4. The van der Waals surface area contributed by atoms with E-state index in [1.54, 1.807) is 41.3 Å². The number of anilines is 1. The number of hydrogen-bond acceptors (Lipinski definition) is 6. The lowest BCUT2D eigenvalue weighted by atomic mass is 10.1. The number of hydrogen-bond donors (Lipinski definition) is 0. The Morgan fingerprint density at radius 1 is 1.06 bits per heavy atom. The van der Waals surface area contributed by atoms with Crippen LogP contribution in [0.25, 0.3) is 6.08 Å². The van der Waals surface area contributed by atoms with E-state index in [0.717, 1.165) is 15.7 Å². The smallest absolute Gasteiger partial charge is 0.269 e. The van der Waals surface area contributed by atoms with Crippen molar-refractivity contribution in [2.45, 2.75) is 6.61 Å². The molecule has 8 nitrogen and oxygen atoms in total. The standard InChI is InChI=1S/C27H23BrN4O4/c28-23-8-11-26(36-19-20-6-9-25(10-7-20)32(34)35)21(17-23)16-22(18-29)27(33)31-14-12-30(13-15-31)24-4-2-1-3-5-24/h1-11,16-17H,12-15,19H2/b22-16-. The molecule has 0 radical (unpaired) electrons. The Labute approximate surface area is 217 Å². The van der Waals surface area contributed by atoms with Crippen LogP contribution in [0.2, 0.25) is 0 Å². The van der Waals surface area contributed by atoms with Crippen LogP contribution < -0.4 is 9.64 Å². The Bertz CT molecular complexity index is 1310. The molecule has 0 saturated carbocycles. The predicted octanol–water partition coefficient (Wildman–Crippen LogP) is 5.19. The normalized spacial score (nSPS) is 13.7. The van der Waals surface area contributed by atoms with Crippen LogP contribution in [-0.4, -0.2) is 41.9 Å². The SMILES string of the molecule is N#C/C(=C/c1cc(Br)ccc1OCc1ccc([N+](=O)[O-])cc1)C(=O)N1CCN(c2ccccc2)CC1. The number of amides is 1. The van der Waals surface area contributed by atoms with Crippen LogP contribution in [-0.2, 0) is 11.4 Å². The average Bonchev–Trinajstić information content (AvgIpc) is 2.91. The van der Waals surface area contributed by atoms with Gasteiger partial charge in [0.05, 0.1) is 4.92 Å². The fourth-order valence-corrected chi connectivity index (χ4v) is 4.29. The summed E-state index contributed by atoms with van der Waals surface area (Å²) in [6.45, 7) is 2.60. The van der Waals surface area contributed by atoms with Gasteiger partial charge in [0.1, 0.15) is 24.0 Å². The highest BCUT2D eigenvalue weighted by molar-refractivity contribution is 9.10. The Kier molecular flexibility index (Phi) is 7.98. The molecule has 1 fully saturated rings. The number of rotatable bonds is 7. The molecule has 0 aromatic heterocycles. The minimum absolute atomic E-state index is 0.00721. The maximum absolute atomic E-state index is 13.1. The van der Waals surface area contributed by atoms with Gasteiger partial charge in [0.2, 0.25) is 0 Å². The summed E-state index contributed by atoms with van der Waals surface area (Å²) in [5, 5.41) is 20.6. The maximum Gasteiger partial charge on any atom is 0.269 e. The van der Waals surface area contributed by atoms with E-state index in [1.165, 1.54) is 12.1 Å². The van der Waals surface area contributed by atoms with Crippen LogP contribution in [0.5, 0.6) is 5.75 Å². The predicted molar refractivity (Wildman–Crippen MR) is 140 cm³/mol. The molecule has 0 spiro atoms. The van der Waals surface area contributed by atoms with Crippen LogP contribution in [0, 0.1) is 21.4 Å². The van der Waals surface area contributed by atoms with Crippen molar-refractivity contribution >= 4 is 39.3 Å². The van der Waals surface area contributed by atoms with E-state index in [1.807, 2.05) is 36.4 Å². The summed E-state index contributed by atoms with van der Waals surface area (Å²) < 4.78 is 6.71. The lowest BCUT2D eigenvalue weighted by Crippen LogP contribution is -2.49. The van der Waals surface area contributed by atoms with Crippen molar-refractivity contribution in [1.29, 1.82) is 5.26 Å². The second-order valence-corrected chi connectivity index (χ2v) is 9.09. The quantitative estimate of drug-likeness (QED) is 0.175. The summed E-state index contributed by atoms with van der Waals surface area (Å²) in [6, 6.07) is 23.5. The van der Waals surface area contributed by atoms with Crippen molar-refractivity contribution in [2.75, 3.05) is 31.1 Å². The van der Waals surface area contributed by atoms with E-state index in [9.17, 15) is 20.2 Å². The van der Waals surface area contributed by atoms with Crippen LogP contribution in [0.1, 0.15) is 11.1 Å². The second kappa shape index (κ2) is 11.5. The lowest BCUT2D eigenvalue weighted by molar-refractivity contribution is -0.384. The number of nitro groups is 1. The zero-order valence-electron chi connectivity index (χ0n) is 19.3. The fourth-order valence-electron chi connectivity index (χ4n) is 3.91. The van der Waals surface area contributed by atoms with Crippen molar-refractivity contribution in [1.82, 2.24) is 4.90 Å². The minimum atomic E-state index is -0.454. The van der Waals surface area contributed by atoms with Gasteiger partial charge in [-0.15, -0.1) is 0 Å². The zero-order chi connectivity index (χ0) is 25.5. The summed E-state index contributed by atoms with van der Waals surface area (Å²) in [5.74, 6) is 0.178. The number of carbonyl (C=O) groups excluding carboxylic acids is 1. The highest BCUT2D eigenvalue weighted by Crippen LogP contribution is 2.27. The molecule has 4 rings (SSSR count). The number of carbonyl (C=O) groups is 1. The van der Waals surface area contributed by atoms with Gasteiger partial charge in [0, 0.05) is 54.0 Å². The van der Waals surface area contributed by atoms with E-state index in [-0.39, 0.29) is 23.8 Å². The summed E-state index contributed by atoms with van der Waals surface area (Å²) in [5.41, 5.74) is 2.49. The average molecular weight is 547 g/mol. The van der Waals surface area contributed by atoms with Gasteiger partial charge in [-0.3, -0.25) is 14.9 Å². The van der Waals surface area contributed by atoms with E-state index < -0.39 is 4.92 Å². The fraction of sp³-hybridized carbons (Fsp3) is 0.185. The van der Waals surface area contributed by atoms with Gasteiger partial charge in [-0.2, -0.15) is 5.26 Å². The van der Waals surface area contributed by atoms with Crippen molar-refractivity contribution in [3.05, 3.63) is 104 Å². The molecule has 1 aliphatic heterocycles. The van der Waals surface area contributed by atoms with Gasteiger partial charge in [0.25, 0.3) is 11.6 Å². The maximum atomic E-state index is 13.1. The highest BCUT2D eigenvalue weighted by Gasteiger charge is 2.24. The second-order valence-electron chi connectivity index (χ2n) is 8.18. The minimum Gasteiger partial charge on any atom is -0.488 e. The topological polar surface area (TPSA) is 99.7 Å². The van der Waals surface area contributed by atoms with Crippen molar-refractivity contribution in [2.24, 2.45) is 0 Å². The third-order valence-electron chi connectivity index (χ3n) is 5.85. The summed E-state index contributed by atoms with van der Waals surface area (Å²) in [7, 11) is 0. The monoisotopic (exact) mass is 546 g/mol. The third-order valence-corrected chi connectivity index (χ3v) is 6.35. The molecule has 1 saturated heterocycles. The Morgan fingerprint density at radius 3 is 2.39 bits per heavy atom. The van der Waals surface area contributed by atoms with E-state index >= 15 is 0 Å². The Balaban J connectivity index is 1.46. The van der Waals surface area contributed by atoms with Crippen LogP contribution in [0.3, 0.4) is 0 Å². The van der Waals surface area contributed by atoms with Gasteiger partial charge < -0.3 is 14.5 Å². The number of nitriles is 1. The summed E-state index contributed by atoms with van der Waals surface area (Å²) in [6.07, 6.45) is 1.54. The molecule has 3 aromatic rings. The van der Waals surface area contributed by atoms with E-state index in [2.05, 4.69) is 20.8 Å². The molecule has 9 heteroatoms. The van der Waals surface area contributed by atoms with E-state index in [0.29, 0.717) is 37.5 Å². The number of nitro benzene ring substituents is 1. The number of piperazine rings is 1. The molecule has 0 aliphatic carbocycles. The van der Waals surface area contributed by atoms with Gasteiger partial charge in [-0.05, 0) is 54.1 Å². The first-order chi connectivity index (χ1) is 17.4. The molecule has 1 heterocycles. The van der Waals surface area contributed by atoms with Crippen molar-refractivity contribution in [3.8, 4) is 11.8 Å². The molecule has 0 unspecified atom stereocenters. The number of halogens is 1. The van der Waals surface area contributed by atoms with E-state index in [4.69, 9.17) is 4.74 Å². The summed E-state index contributed by atoms with van der Waals surface area (Å²) >= 11 is 3.44.